The molecule has 2 N–H and O–H groups in total. The minimum Gasteiger partial charge on any atom is -0.493 e. The number of ether oxygens (including phenoxy) is 1. The molecule has 0 unspecified atom stereocenters. The number of aryl methyl sites for hydroxylation is 1. The maximum atomic E-state index is 12.6. The van der Waals surface area contributed by atoms with Crippen molar-refractivity contribution in [3.05, 3.63) is 59.7 Å². The van der Waals surface area contributed by atoms with Crippen LogP contribution in [-0.2, 0) is 11.2 Å². The van der Waals surface area contributed by atoms with Gasteiger partial charge in [-0.15, -0.1) is 0 Å². The van der Waals surface area contributed by atoms with E-state index in [0.717, 1.165) is 17.7 Å². The first kappa shape index (κ1) is 22.4. The molecule has 2 rings (SSSR count). The van der Waals surface area contributed by atoms with Crippen LogP contribution in [0.1, 0.15) is 35.7 Å². The second-order valence-corrected chi connectivity index (χ2v) is 7.15. The van der Waals surface area contributed by atoms with Crippen molar-refractivity contribution in [1.29, 1.82) is 0 Å². The lowest BCUT2D eigenvalue weighted by atomic mass is 10.1. The molecule has 0 heterocycles. The third-order valence-corrected chi connectivity index (χ3v) is 4.34. The Morgan fingerprint density at radius 3 is 2.59 bits per heavy atom. The zero-order chi connectivity index (χ0) is 21.2. The summed E-state index contributed by atoms with van der Waals surface area (Å²) in [6, 6.07) is 14.7. The van der Waals surface area contributed by atoms with E-state index >= 15 is 0 Å². The molecule has 0 bridgehead atoms. The summed E-state index contributed by atoms with van der Waals surface area (Å²) in [7, 11) is 3.49. The number of benzene rings is 2. The number of amides is 2. The summed E-state index contributed by atoms with van der Waals surface area (Å²) in [4.78, 5) is 25.9. The number of rotatable bonds is 8. The van der Waals surface area contributed by atoms with E-state index in [9.17, 15) is 9.59 Å². The smallest absolute Gasteiger partial charge is 0.261 e. The van der Waals surface area contributed by atoms with Gasteiger partial charge in [-0.05, 0) is 54.9 Å². The highest BCUT2D eigenvalue weighted by atomic mass is 32.1. The van der Waals surface area contributed by atoms with E-state index in [4.69, 9.17) is 17.0 Å². The summed E-state index contributed by atoms with van der Waals surface area (Å²) in [6.45, 7) is 2.54. The number of nitrogens with zero attached hydrogens (tertiary/aromatic N) is 1. The van der Waals surface area contributed by atoms with Crippen molar-refractivity contribution in [3.8, 4) is 5.75 Å². The van der Waals surface area contributed by atoms with Gasteiger partial charge in [-0.25, -0.2) is 0 Å². The van der Waals surface area contributed by atoms with Crippen molar-refractivity contribution in [3.63, 3.8) is 0 Å². The molecule has 2 aromatic carbocycles. The maximum Gasteiger partial charge on any atom is 0.261 e. The van der Waals surface area contributed by atoms with Gasteiger partial charge in [0.05, 0.1) is 12.2 Å². The summed E-state index contributed by atoms with van der Waals surface area (Å²) < 4.78 is 5.63. The number of carbonyl (C=O) groups is 2. The third kappa shape index (κ3) is 7.19. The average Bonchev–Trinajstić information content (AvgIpc) is 2.70. The van der Waals surface area contributed by atoms with Gasteiger partial charge >= 0.3 is 0 Å². The highest BCUT2D eigenvalue weighted by Gasteiger charge is 2.13. The molecule has 2 amide bonds. The van der Waals surface area contributed by atoms with Crippen LogP contribution in [0.15, 0.2) is 48.5 Å². The molecule has 0 aliphatic carbocycles. The predicted molar refractivity (Wildman–Crippen MR) is 119 cm³/mol. The van der Waals surface area contributed by atoms with Crippen LogP contribution in [0.3, 0.4) is 0 Å². The monoisotopic (exact) mass is 413 g/mol. The lowest BCUT2D eigenvalue weighted by Gasteiger charge is -2.13. The van der Waals surface area contributed by atoms with Gasteiger partial charge in [0.25, 0.3) is 5.91 Å². The largest absolute Gasteiger partial charge is 0.493 e. The maximum absolute atomic E-state index is 12.6. The predicted octanol–water partition coefficient (Wildman–Crippen LogP) is 3.62. The van der Waals surface area contributed by atoms with Crippen LogP contribution in [0.4, 0.5) is 5.69 Å². The molecule has 6 nitrogen and oxygen atoms in total. The van der Waals surface area contributed by atoms with Gasteiger partial charge in [0, 0.05) is 26.2 Å². The Bertz CT molecular complexity index is 868. The minimum atomic E-state index is -0.332. The van der Waals surface area contributed by atoms with Gasteiger partial charge in [0.1, 0.15) is 5.75 Å². The topological polar surface area (TPSA) is 70.7 Å². The third-order valence-electron chi connectivity index (χ3n) is 4.13. The first-order valence-corrected chi connectivity index (χ1v) is 9.94. The van der Waals surface area contributed by atoms with Crippen LogP contribution < -0.4 is 15.4 Å². The number of carbonyl (C=O) groups excluding carboxylic acids is 2. The van der Waals surface area contributed by atoms with Crippen LogP contribution in [-0.4, -0.2) is 42.5 Å². The van der Waals surface area contributed by atoms with Crippen LogP contribution in [0.25, 0.3) is 0 Å². The average molecular weight is 414 g/mol. The number of hydrogen-bond donors (Lipinski definition) is 2. The van der Waals surface area contributed by atoms with Gasteiger partial charge in [0.15, 0.2) is 5.11 Å². The molecular weight excluding hydrogens is 386 g/mol. The fraction of sp³-hybridized carbons (Fsp3) is 0.318. The molecule has 0 saturated heterocycles. The van der Waals surface area contributed by atoms with Crippen molar-refractivity contribution < 1.29 is 14.3 Å². The Balaban J connectivity index is 1.96. The molecule has 0 spiro atoms. The lowest BCUT2D eigenvalue weighted by Crippen LogP contribution is -2.34. The molecule has 154 valence electrons. The highest BCUT2D eigenvalue weighted by Crippen LogP contribution is 2.18. The molecule has 0 aliphatic rings. The SMILES string of the molecule is CCCOc1ccccc1C(=O)NC(=S)Nc1cccc(CCC(=O)N(C)C)c1. The Kier molecular flexibility index (Phi) is 8.61. The van der Waals surface area contributed by atoms with Gasteiger partial charge < -0.3 is 15.0 Å². The van der Waals surface area contributed by atoms with Crippen molar-refractivity contribution in [2.75, 3.05) is 26.0 Å². The first-order chi connectivity index (χ1) is 13.9. The molecule has 0 saturated carbocycles. The summed E-state index contributed by atoms with van der Waals surface area (Å²) in [5.74, 6) is 0.277. The molecule has 0 atom stereocenters. The van der Waals surface area contributed by atoms with Gasteiger partial charge in [-0.3, -0.25) is 14.9 Å². The number of anilines is 1. The summed E-state index contributed by atoms with van der Waals surface area (Å²) >= 11 is 5.28. The normalized spacial score (nSPS) is 10.2. The lowest BCUT2D eigenvalue weighted by molar-refractivity contribution is -0.128. The van der Waals surface area contributed by atoms with Gasteiger partial charge in [-0.1, -0.05) is 31.2 Å². The molecule has 0 aliphatic heterocycles. The van der Waals surface area contributed by atoms with E-state index in [1.165, 1.54) is 0 Å². The van der Waals surface area contributed by atoms with Crippen LogP contribution in [0.5, 0.6) is 5.75 Å². The van der Waals surface area contributed by atoms with E-state index in [1.807, 2.05) is 37.3 Å². The Hall–Kier alpha value is -2.93. The van der Waals surface area contributed by atoms with Crippen molar-refractivity contribution in [1.82, 2.24) is 10.2 Å². The second-order valence-electron chi connectivity index (χ2n) is 6.74. The molecule has 7 heteroatoms. The van der Waals surface area contributed by atoms with Gasteiger partial charge in [0.2, 0.25) is 5.91 Å². The fourth-order valence-electron chi connectivity index (χ4n) is 2.60. The van der Waals surface area contributed by atoms with Crippen molar-refractivity contribution in [2.45, 2.75) is 26.2 Å². The molecule has 0 aromatic heterocycles. The molecule has 0 radical (unpaired) electrons. The van der Waals surface area contributed by atoms with Crippen molar-refractivity contribution in [2.24, 2.45) is 0 Å². The molecule has 29 heavy (non-hydrogen) atoms. The van der Waals surface area contributed by atoms with E-state index in [2.05, 4.69) is 10.6 Å². The number of thiocarbonyl (C=S) groups is 1. The molecular formula is C22H27N3O3S. The number of hydrogen-bond acceptors (Lipinski definition) is 4. The first-order valence-electron chi connectivity index (χ1n) is 9.54. The van der Waals surface area contributed by atoms with Crippen LogP contribution in [0, 0.1) is 0 Å². The fourth-order valence-corrected chi connectivity index (χ4v) is 2.81. The summed E-state index contributed by atoms with van der Waals surface area (Å²) in [6.07, 6.45) is 1.92. The summed E-state index contributed by atoms with van der Waals surface area (Å²) in [5.41, 5.74) is 2.19. The van der Waals surface area contributed by atoms with Crippen LogP contribution in [0.2, 0.25) is 0 Å². The Labute approximate surface area is 177 Å². The Morgan fingerprint density at radius 2 is 1.86 bits per heavy atom. The zero-order valence-corrected chi connectivity index (χ0v) is 17.8. The number of para-hydroxylation sites is 1. The van der Waals surface area contributed by atoms with Crippen molar-refractivity contribution >= 4 is 34.8 Å². The van der Waals surface area contributed by atoms with Crippen LogP contribution >= 0.6 is 12.2 Å². The molecule has 2 aromatic rings. The van der Waals surface area contributed by atoms with E-state index < -0.39 is 0 Å². The summed E-state index contributed by atoms with van der Waals surface area (Å²) in [5, 5.41) is 5.90. The second kappa shape index (κ2) is 11.2. The van der Waals surface area contributed by atoms with Gasteiger partial charge in [-0.2, -0.15) is 0 Å². The Morgan fingerprint density at radius 1 is 1.10 bits per heavy atom. The quantitative estimate of drug-likeness (QED) is 0.647. The standard InChI is InChI=1S/C22H27N3O3S/c1-4-14-28-19-11-6-5-10-18(19)21(27)24-22(29)23-17-9-7-8-16(15-17)12-13-20(26)25(2)3/h5-11,15H,4,12-14H2,1-3H3,(H2,23,24,27,29). The minimum absolute atomic E-state index is 0.0788. The van der Waals surface area contributed by atoms with E-state index in [0.29, 0.717) is 30.8 Å². The highest BCUT2D eigenvalue weighted by molar-refractivity contribution is 7.80. The van der Waals surface area contributed by atoms with E-state index in [-0.39, 0.29) is 16.9 Å². The molecule has 0 fully saturated rings. The number of nitrogens with one attached hydrogen (secondary N) is 2. The van der Waals surface area contributed by atoms with E-state index in [1.54, 1.807) is 37.2 Å². The zero-order valence-electron chi connectivity index (χ0n) is 17.0.